The Balaban J connectivity index is 1.60. The molecule has 96 valence electrons. The summed E-state index contributed by atoms with van der Waals surface area (Å²) in [5.41, 5.74) is 2.08. The van der Waals surface area contributed by atoms with E-state index in [4.69, 9.17) is 0 Å². The molecule has 0 bridgehead atoms. The van der Waals surface area contributed by atoms with Crippen LogP contribution < -0.4 is 10.6 Å². The maximum Gasteiger partial charge on any atom is 0.243 e. The largest absolute Gasteiger partial charge is 0.353 e. The molecular formula is C13H19N5. The van der Waals surface area contributed by atoms with Crippen molar-refractivity contribution in [1.29, 1.82) is 0 Å². The zero-order valence-corrected chi connectivity index (χ0v) is 10.7. The average Bonchev–Trinajstić information content (AvgIpc) is 2.97. The lowest BCUT2D eigenvalue weighted by molar-refractivity contribution is 0.548. The second-order valence-electron chi connectivity index (χ2n) is 5.02. The third-order valence-corrected chi connectivity index (χ3v) is 3.48. The zero-order valence-electron chi connectivity index (χ0n) is 10.7. The maximum atomic E-state index is 4.44. The fraction of sp³-hybridized carbons (Fsp3) is 0.538. The fourth-order valence-electron chi connectivity index (χ4n) is 2.41. The van der Waals surface area contributed by atoms with Crippen molar-refractivity contribution in [3.05, 3.63) is 23.9 Å². The van der Waals surface area contributed by atoms with Crippen molar-refractivity contribution in [2.24, 2.45) is 5.92 Å². The molecule has 0 aromatic carbocycles. The van der Waals surface area contributed by atoms with E-state index in [1.54, 1.807) is 0 Å². The van der Waals surface area contributed by atoms with Crippen molar-refractivity contribution in [3.8, 4) is 0 Å². The van der Waals surface area contributed by atoms with Crippen molar-refractivity contribution in [1.82, 2.24) is 19.9 Å². The predicted molar refractivity (Wildman–Crippen MR) is 71.8 cm³/mol. The van der Waals surface area contributed by atoms with Crippen LogP contribution >= 0.6 is 0 Å². The van der Waals surface area contributed by atoms with Crippen molar-refractivity contribution >= 4 is 11.6 Å². The van der Waals surface area contributed by atoms with Crippen LogP contribution in [-0.2, 0) is 0 Å². The molecule has 0 amide bonds. The Morgan fingerprint density at radius 3 is 3.28 bits per heavy atom. The molecule has 0 aliphatic carbocycles. The first kappa shape index (κ1) is 11.5. The summed E-state index contributed by atoms with van der Waals surface area (Å²) < 4.78 is 1.83. The number of aryl methyl sites for hydroxylation is 1. The van der Waals surface area contributed by atoms with Gasteiger partial charge in [-0.15, -0.1) is 5.10 Å². The van der Waals surface area contributed by atoms with E-state index < -0.39 is 0 Å². The molecule has 3 rings (SSSR count). The molecule has 18 heavy (non-hydrogen) atoms. The monoisotopic (exact) mass is 245 g/mol. The lowest BCUT2D eigenvalue weighted by atomic mass is 10.1. The van der Waals surface area contributed by atoms with Crippen LogP contribution in [0.4, 0.5) is 5.95 Å². The van der Waals surface area contributed by atoms with Gasteiger partial charge >= 0.3 is 0 Å². The van der Waals surface area contributed by atoms with Gasteiger partial charge in [-0.3, -0.25) is 0 Å². The summed E-state index contributed by atoms with van der Waals surface area (Å²) in [7, 11) is 0. The van der Waals surface area contributed by atoms with Gasteiger partial charge in [0.25, 0.3) is 0 Å². The Morgan fingerprint density at radius 2 is 2.44 bits per heavy atom. The molecule has 2 N–H and O–H groups in total. The quantitative estimate of drug-likeness (QED) is 0.856. The minimum atomic E-state index is 0.728. The fourth-order valence-corrected chi connectivity index (χ4v) is 2.41. The van der Waals surface area contributed by atoms with Crippen LogP contribution in [0, 0.1) is 12.8 Å². The number of aromatic nitrogens is 3. The number of hydrogen-bond donors (Lipinski definition) is 2. The summed E-state index contributed by atoms with van der Waals surface area (Å²) >= 11 is 0. The average molecular weight is 245 g/mol. The van der Waals surface area contributed by atoms with Gasteiger partial charge in [-0.25, -0.2) is 4.52 Å². The normalized spacial score (nSPS) is 19.5. The van der Waals surface area contributed by atoms with Gasteiger partial charge in [0, 0.05) is 12.7 Å². The van der Waals surface area contributed by atoms with Crippen LogP contribution in [0.2, 0.25) is 0 Å². The van der Waals surface area contributed by atoms with E-state index in [0.717, 1.165) is 37.1 Å². The highest BCUT2D eigenvalue weighted by Gasteiger charge is 2.13. The van der Waals surface area contributed by atoms with Gasteiger partial charge in [0.1, 0.15) is 0 Å². The van der Waals surface area contributed by atoms with Gasteiger partial charge in [-0.1, -0.05) is 6.07 Å². The Hall–Kier alpha value is -1.62. The minimum Gasteiger partial charge on any atom is -0.353 e. The molecule has 1 aliphatic heterocycles. The van der Waals surface area contributed by atoms with E-state index >= 15 is 0 Å². The summed E-state index contributed by atoms with van der Waals surface area (Å²) in [4.78, 5) is 4.44. The topological polar surface area (TPSA) is 54.2 Å². The molecule has 5 heteroatoms. The molecule has 1 aliphatic rings. The number of fused-ring (bicyclic) bond motifs is 1. The molecular weight excluding hydrogens is 226 g/mol. The Morgan fingerprint density at radius 1 is 1.50 bits per heavy atom. The van der Waals surface area contributed by atoms with Crippen LogP contribution in [-0.4, -0.2) is 34.2 Å². The first-order chi connectivity index (χ1) is 8.81. The molecule has 2 aromatic heterocycles. The molecule has 1 atom stereocenters. The molecule has 1 unspecified atom stereocenters. The molecule has 1 saturated heterocycles. The highest BCUT2D eigenvalue weighted by Crippen LogP contribution is 2.12. The molecule has 0 spiro atoms. The second kappa shape index (κ2) is 4.94. The Kier molecular flexibility index (Phi) is 3.15. The smallest absolute Gasteiger partial charge is 0.243 e. The summed E-state index contributed by atoms with van der Waals surface area (Å²) in [6.45, 7) is 5.32. The minimum absolute atomic E-state index is 0.728. The third kappa shape index (κ3) is 2.46. The van der Waals surface area contributed by atoms with Crippen LogP contribution in [0.1, 0.15) is 18.4 Å². The van der Waals surface area contributed by atoms with E-state index in [2.05, 4.69) is 33.7 Å². The first-order valence-corrected chi connectivity index (χ1v) is 6.59. The molecule has 5 nitrogen and oxygen atoms in total. The van der Waals surface area contributed by atoms with Gasteiger partial charge in [0.15, 0.2) is 5.65 Å². The molecule has 2 aromatic rings. The van der Waals surface area contributed by atoms with E-state index in [-0.39, 0.29) is 0 Å². The number of hydrogen-bond acceptors (Lipinski definition) is 4. The van der Waals surface area contributed by atoms with E-state index in [9.17, 15) is 0 Å². The Labute approximate surface area is 107 Å². The van der Waals surface area contributed by atoms with Crippen molar-refractivity contribution in [2.75, 3.05) is 25.0 Å². The number of nitrogens with zero attached hydrogens (tertiary/aromatic N) is 3. The maximum absolute atomic E-state index is 4.44. The number of rotatable bonds is 4. The first-order valence-electron chi connectivity index (χ1n) is 6.59. The van der Waals surface area contributed by atoms with Gasteiger partial charge in [-0.05, 0) is 50.4 Å². The van der Waals surface area contributed by atoms with Crippen LogP contribution in [0.5, 0.6) is 0 Å². The summed E-state index contributed by atoms with van der Waals surface area (Å²) in [5, 5.41) is 11.1. The van der Waals surface area contributed by atoms with Crippen molar-refractivity contribution in [2.45, 2.75) is 19.8 Å². The van der Waals surface area contributed by atoms with Gasteiger partial charge in [0.2, 0.25) is 5.95 Å². The number of nitrogens with one attached hydrogen (secondary N) is 2. The van der Waals surface area contributed by atoms with Gasteiger partial charge in [-0.2, -0.15) is 4.98 Å². The van der Waals surface area contributed by atoms with Crippen LogP contribution in [0.15, 0.2) is 18.3 Å². The summed E-state index contributed by atoms with van der Waals surface area (Å²) in [5.74, 6) is 1.53. The van der Waals surface area contributed by atoms with E-state index in [0.29, 0.717) is 0 Å². The standard InChI is InChI=1S/C13H19N5/c1-10-2-3-12-16-13(17-18(12)9-10)15-7-5-11-4-6-14-8-11/h2-3,9,11,14H,4-8H2,1H3,(H,15,17). The highest BCUT2D eigenvalue weighted by atomic mass is 15.3. The highest BCUT2D eigenvalue weighted by molar-refractivity contribution is 5.43. The SMILES string of the molecule is Cc1ccc2nc(NCCC3CCNC3)nn2c1. The van der Waals surface area contributed by atoms with Crippen molar-refractivity contribution < 1.29 is 0 Å². The Bertz CT molecular complexity index is 527. The second-order valence-corrected chi connectivity index (χ2v) is 5.02. The summed E-state index contributed by atoms with van der Waals surface area (Å²) in [6, 6.07) is 4.05. The number of anilines is 1. The zero-order chi connectivity index (χ0) is 12.4. The molecule has 0 saturated carbocycles. The molecule has 1 fully saturated rings. The van der Waals surface area contributed by atoms with Crippen LogP contribution in [0.3, 0.4) is 0 Å². The van der Waals surface area contributed by atoms with Crippen molar-refractivity contribution in [3.63, 3.8) is 0 Å². The molecule has 3 heterocycles. The third-order valence-electron chi connectivity index (χ3n) is 3.48. The molecule has 0 radical (unpaired) electrons. The number of pyridine rings is 1. The van der Waals surface area contributed by atoms with Gasteiger partial charge in [0.05, 0.1) is 0 Å². The lowest BCUT2D eigenvalue weighted by Crippen LogP contribution is -2.13. The van der Waals surface area contributed by atoms with Crippen LogP contribution in [0.25, 0.3) is 5.65 Å². The summed E-state index contributed by atoms with van der Waals surface area (Å²) in [6.07, 6.45) is 4.47. The lowest BCUT2D eigenvalue weighted by Gasteiger charge is -2.07. The predicted octanol–water partition coefficient (Wildman–Crippen LogP) is 1.45. The van der Waals surface area contributed by atoms with E-state index in [1.807, 2.05) is 16.8 Å². The van der Waals surface area contributed by atoms with Gasteiger partial charge < -0.3 is 10.6 Å². The van der Waals surface area contributed by atoms with E-state index in [1.165, 1.54) is 18.4 Å².